The standard InChI is InChI=1S/C40H32ClF6N7O3/c1-5-29(55)50-38-32-27(41)11-9-24(35(32)53(4)52-38)23-7-6-22(12-13-39(2,3)57)48-33(23)28(16-19-14-20(42)17-21(43)15-19)49-30(56)18-54-36-31(34(51-54)37(44)45)25-8-10-26(25)40(36,46)47/h6-7,9,11,14-15,17,25-26,28,37,57H,5,16,18H2,1-4H3,(H,49,56)(H,50,52,55)/t25-,26+,28-/m0/s1. The monoisotopic (exact) mass is 807 g/mol. The number of benzene rings is 2. The van der Waals surface area contributed by atoms with E-state index < -0.39 is 76.9 Å². The minimum Gasteiger partial charge on any atom is -0.378 e. The van der Waals surface area contributed by atoms with E-state index in [0.717, 1.165) is 12.1 Å². The second-order valence-electron chi connectivity index (χ2n) is 14.2. The summed E-state index contributed by atoms with van der Waals surface area (Å²) in [7, 11) is 1.61. The van der Waals surface area contributed by atoms with Crippen molar-refractivity contribution in [2.24, 2.45) is 13.0 Å². The number of halogens is 7. The van der Waals surface area contributed by atoms with Crippen molar-refractivity contribution >= 4 is 40.1 Å². The maximum Gasteiger partial charge on any atom is 0.304 e. The highest BCUT2D eigenvalue weighted by molar-refractivity contribution is 6.37. The Labute approximate surface area is 326 Å². The highest BCUT2D eigenvalue weighted by Gasteiger charge is 2.60. The second-order valence-corrected chi connectivity index (χ2v) is 14.6. The van der Waals surface area contributed by atoms with Crippen LogP contribution in [-0.2, 0) is 35.5 Å². The maximum absolute atomic E-state index is 15.5. The molecule has 2 aliphatic carbocycles. The van der Waals surface area contributed by atoms with E-state index in [-0.39, 0.29) is 46.5 Å². The summed E-state index contributed by atoms with van der Waals surface area (Å²) in [5.74, 6) is 0.907. The van der Waals surface area contributed by atoms with Gasteiger partial charge in [0.25, 0.3) is 6.43 Å². The summed E-state index contributed by atoms with van der Waals surface area (Å²) in [6.07, 6.45) is -3.40. The van der Waals surface area contributed by atoms with Gasteiger partial charge in [-0.05, 0) is 62.1 Å². The molecule has 17 heteroatoms. The van der Waals surface area contributed by atoms with Gasteiger partial charge in [0.05, 0.1) is 33.6 Å². The third-order valence-electron chi connectivity index (χ3n) is 9.52. The summed E-state index contributed by atoms with van der Waals surface area (Å²) in [6, 6.07) is 7.77. The zero-order chi connectivity index (χ0) is 41.1. The number of pyridine rings is 1. The summed E-state index contributed by atoms with van der Waals surface area (Å²) in [5, 5.41) is 24.6. The maximum atomic E-state index is 15.5. The molecule has 57 heavy (non-hydrogen) atoms. The molecule has 0 bridgehead atoms. The van der Waals surface area contributed by atoms with Gasteiger partial charge in [0.1, 0.15) is 46.8 Å². The lowest BCUT2D eigenvalue weighted by molar-refractivity contribution is -0.123. The fraction of sp³-hybridized carbons (Fsp3) is 0.325. The van der Waals surface area contributed by atoms with E-state index in [1.165, 1.54) is 24.6 Å². The molecule has 3 N–H and O–H groups in total. The number of nitrogens with one attached hydrogen (secondary N) is 2. The Morgan fingerprint density at radius 3 is 2.37 bits per heavy atom. The van der Waals surface area contributed by atoms with E-state index in [0.29, 0.717) is 32.8 Å². The van der Waals surface area contributed by atoms with Crippen molar-refractivity contribution in [1.29, 1.82) is 0 Å². The molecule has 2 aliphatic rings. The third kappa shape index (κ3) is 7.43. The van der Waals surface area contributed by atoms with Crippen LogP contribution >= 0.6 is 11.6 Å². The molecule has 0 fully saturated rings. The first kappa shape index (κ1) is 39.4. The number of hydrogen-bond donors (Lipinski definition) is 3. The van der Waals surface area contributed by atoms with E-state index in [4.69, 9.17) is 16.6 Å². The largest absolute Gasteiger partial charge is 0.378 e. The summed E-state index contributed by atoms with van der Waals surface area (Å²) < 4.78 is 90.5. The molecular formula is C40H32ClF6N7O3. The Balaban J connectivity index is 1.38. The van der Waals surface area contributed by atoms with Crippen molar-refractivity contribution < 1.29 is 41.0 Å². The number of amides is 2. The first-order valence-corrected chi connectivity index (χ1v) is 18.0. The van der Waals surface area contributed by atoms with Gasteiger partial charge in [-0.2, -0.15) is 19.0 Å². The molecule has 0 radical (unpaired) electrons. The van der Waals surface area contributed by atoms with Crippen molar-refractivity contribution in [3.05, 3.63) is 93.0 Å². The molecule has 294 valence electrons. The lowest BCUT2D eigenvalue weighted by atomic mass is 9.84. The molecule has 3 heterocycles. The number of carbonyl (C=O) groups is 2. The number of aliphatic hydroxyl groups is 1. The zero-order valence-corrected chi connectivity index (χ0v) is 31.4. The molecule has 2 aromatic carbocycles. The predicted octanol–water partition coefficient (Wildman–Crippen LogP) is 7.09. The van der Waals surface area contributed by atoms with Gasteiger partial charge >= 0.3 is 5.92 Å². The first-order chi connectivity index (χ1) is 26.9. The molecule has 2 amide bonds. The van der Waals surface area contributed by atoms with E-state index in [2.05, 4.69) is 44.5 Å². The van der Waals surface area contributed by atoms with E-state index in [1.807, 2.05) is 0 Å². The average Bonchev–Trinajstić information content (AvgIpc) is 3.68. The smallest absolute Gasteiger partial charge is 0.304 e. The van der Waals surface area contributed by atoms with Gasteiger partial charge in [-0.3, -0.25) is 19.0 Å². The number of hydrogen-bond acceptors (Lipinski definition) is 6. The summed E-state index contributed by atoms with van der Waals surface area (Å²) in [5.41, 5.74) is -2.20. The van der Waals surface area contributed by atoms with Crippen LogP contribution in [0, 0.1) is 41.2 Å². The molecule has 0 unspecified atom stereocenters. The van der Waals surface area contributed by atoms with Crippen LogP contribution in [0.1, 0.15) is 79.5 Å². The van der Waals surface area contributed by atoms with Crippen molar-refractivity contribution in [1.82, 2.24) is 29.9 Å². The summed E-state index contributed by atoms with van der Waals surface area (Å²) in [4.78, 5) is 31.1. The third-order valence-corrected chi connectivity index (χ3v) is 9.83. The van der Waals surface area contributed by atoms with Crippen molar-refractivity contribution in [3.8, 4) is 34.8 Å². The Morgan fingerprint density at radius 1 is 1.04 bits per heavy atom. The van der Waals surface area contributed by atoms with Gasteiger partial charge in [-0.15, -0.1) is 0 Å². The lowest BCUT2D eigenvalue weighted by Gasteiger charge is -2.24. The van der Waals surface area contributed by atoms with E-state index in [1.54, 1.807) is 32.2 Å². The Bertz CT molecular complexity index is 2590. The first-order valence-electron chi connectivity index (χ1n) is 17.6. The van der Waals surface area contributed by atoms with Crippen LogP contribution in [0.3, 0.4) is 0 Å². The van der Waals surface area contributed by atoms with Crippen LogP contribution in [0.15, 0.2) is 42.5 Å². The quantitative estimate of drug-likeness (QED) is 0.102. The van der Waals surface area contributed by atoms with Gasteiger partial charge < -0.3 is 15.7 Å². The molecule has 10 nitrogen and oxygen atoms in total. The minimum absolute atomic E-state index is 0.0603. The number of nitrogens with zero attached hydrogens (tertiary/aromatic N) is 5. The zero-order valence-electron chi connectivity index (χ0n) is 30.6. The predicted molar refractivity (Wildman–Crippen MR) is 197 cm³/mol. The van der Waals surface area contributed by atoms with Gasteiger partial charge in [-0.25, -0.2) is 22.5 Å². The van der Waals surface area contributed by atoms with Crippen molar-refractivity contribution in [2.75, 3.05) is 5.32 Å². The van der Waals surface area contributed by atoms with Crippen LogP contribution in [0.5, 0.6) is 0 Å². The second kappa shape index (κ2) is 14.6. The van der Waals surface area contributed by atoms with Gasteiger partial charge in [0.15, 0.2) is 5.82 Å². The van der Waals surface area contributed by atoms with Crippen LogP contribution in [0.25, 0.3) is 22.0 Å². The van der Waals surface area contributed by atoms with Crippen molar-refractivity contribution in [2.45, 2.75) is 70.1 Å². The van der Waals surface area contributed by atoms with Crippen LogP contribution in [-0.4, -0.2) is 47.1 Å². The number of aromatic nitrogens is 5. The van der Waals surface area contributed by atoms with Crippen molar-refractivity contribution in [3.63, 3.8) is 0 Å². The number of carbonyl (C=O) groups excluding carboxylic acids is 2. The number of aryl methyl sites for hydroxylation is 1. The summed E-state index contributed by atoms with van der Waals surface area (Å²) >= 11 is 6.65. The Hall–Kier alpha value is -5.84. The summed E-state index contributed by atoms with van der Waals surface area (Å²) in [6.45, 7) is 3.61. The van der Waals surface area contributed by atoms with Gasteiger partial charge in [-0.1, -0.05) is 42.4 Å². The van der Waals surface area contributed by atoms with Crippen LogP contribution < -0.4 is 10.6 Å². The van der Waals surface area contributed by atoms with Crippen LogP contribution in [0.2, 0.25) is 5.02 Å². The highest BCUT2D eigenvalue weighted by Crippen LogP contribution is 2.57. The molecule has 3 atom stereocenters. The Kier molecular flexibility index (Phi) is 10.1. The normalized spacial score (nSPS) is 16.9. The molecule has 0 saturated heterocycles. The fourth-order valence-electron chi connectivity index (χ4n) is 7.08. The molecule has 3 aromatic heterocycles. The number of fused-ring (bicyclic) bond motifs is 4. The van der Waals surface area contributed by atoms with E-state index >= 15 is 8.78 Å². The molecule has 0 spiro atoms. The molecule has 0 aliphatic heterocycles. The molecule has 5 aromatic rings. The van der Waals surface area contributed by atoms with E-state index in [9.17, 15) is 32.3 Å². The van der Waals surface area contributed by atoms with Gasteiger partial charge in [0, 0.05) is 36.2 Å². The molecule has 0 saturated carbocycles. The average molecular weight is 808 g/mol. The van der Waals surface area contributed by atoms with Crippen LogP contribution in [0.4, 0.5) is 32.2 Å². The minimum atomic E-state index is -3.68. The lowest BCUT2D eigenvalue weighted by Crippen LogP contribution is -2.36. The number of alkyl halides is 4. The topological polar surface area (TPSA) is 127 Å². The molecule has 7 rings (SSSR count). The van der Waals surface area contributed by atoms with Gasteiger partial charge in [0.2, 0.25) is 11.8 Å². The number of rotatable bonds is 10. The highest BCUT2D eigenvalue weighted by atomic mass is 35.5. The molecular weight excluding hydrogens is 776 g/mol. The SMILES string of the molecule is CCC(=O)Nc1nn(C)c2c(-c3ccc(C#CC(C)(C)O)nc3[C@H](Cc3cc(F)cc(F)c3)NC(=O)Cn3nc(C(F)F)c4c3C(F)(F)[C@@H]3C#C[C@H]43)ccc(Cl)c12. The number of anilines is 1. The Morgan fingerprint density at radius 2 is 1.74 bits per heavy atom. The fourth-order valence-corrected chi connectivity index (χ4v) is 7.32.